The summed E-state index contributed by atoms with van der Waals surface area (Å²) in [5.74, 6) is 0.553. The zero-order valence-corrected chi connectivity index (χ0v) is 19.3. The molecule has 0 saturated heterocycles. The van der Waals surface area contributed by atoms with Crippen LogP contribution in [0.1, 0.15) is 51.4 Å². The maximum absolute atomic E-state index is 13.0. The molecule has 1 aromatic carbocycles. The Morgan fingerprint density at radius 1 is 1.14 bits per heavy atom. The molecule has 1 unspecified atom stereocenters. The van der Waals surface area contributed by atoms with E-state index in [4.69, 9.17) is 16.3 Å². The van der Waals surface area contributed by atoms with Crippen molar-refractivity contribution in [3.05, 3.63) is 53.3 Å². The minimum atomic E-state index is -0.0423. The van der Waals surface area contributed by atoms with Crippen LogP contribution in [0.2, 0.25) is 5.02 Å². The van der Waals surface area contributed by atoms with Crippen LogP contribution < -0.4 is 10.1 Å². The van der Waals surface area contributed by atoms with Crippen LogP contribution in [0.3, 0.4) is 0 Å². The minimum absolute atomic E-state index is 0. The number of nitrogens with zero attached hydrogens (tertiary/aromatic N) is 2. The molecule has 1 heterocycles. The Morgan fingerprint density at radius 3 is 2.31 bits per heavy atom. The largest absolute Gasteiger partial charge is 0.491 e. The van der Waals surface area contributed by atoms with Crippen molar-refractivity contribution in [1.82, 2.24) is 9.88 Å². The standard InChI is InChI=1S/C22H30ClN3O2.ClH/c1-6-19(25-20-7-9-24-10-8-20)14-28-21-12-17(11-18(23)13-21)22(27)26(15(2)3)16(4)5;/h7-13,15-16,19H,6,14H2,1-5H3,(H,24,25);1H. The van der Waals surface area contributed by atoms with Crippen molar-refractivity contribution < 1.29 is 9.53 Å². The van der Waals surface area contributed by atoms with Gasteiger partial charge in [-0.25, -0.2) is 0 Å². The van der Waals surface area contributed by atoms with E-state index < -0.39 is 0 Å². The first kappa shape index (κ1) is 25.1. The number of ether oxygens (including phenoxy) is 1. The van der Waals surface area contributed by atoms with Crippen LogP contribution in [0.5, 0.6) is 5.75 Å². The van der Waals surface area contributed by atoms with E-state index in [0.29, 0.717) is 22.9 Å². The van der Waals surface area contributed by atoms with Gasteiger partial charge in [-0.2, -0.15) is 0 Å². The molecule has 1 atom stereocenters. The number of aromatic nitrogens is 1. The van der Waals surface area contributed by atoms with E-state index in [1.54, 1.807) is 30.6 Å². The summed E-state index contributed by atoms with van der Waals surface area (Å²) in [4.78, 5) is 18.8. The van der Waals surface area contributed by atoms with Crippen LogP contribution in [0.15, 0.2) is 42.7 Å². The number of halogens is 2. The van der Waals surface area contributed by atoms with E-state index >= 15 is 0 Å². The number of rotatable bonds is 9. The van der Waals surface area contributed by atoms with Gasteiger partial charge < -0.3 is 15.0 Å². The van der Waals surface area contributed by atoms with Crippen LogP contribution >= 0.6 is 24.0 Å². The summed E-state index contributed by atoms with van der Waals surface area (Å²) in [6.45, 7) is 10.6. The Kier molecular flexibility index (Phi) is 10.3. The molecule has 0 aliphatic carbocycles. The van der Waals surface area contributed by atoms with E-state index in [0.717, 1.165) is 12.1 Å². The SMILES string of the molecule is CCC(COc1cc(Cl)cc(C(=O)N(C(C)C)C(C)C)c1)Nc1ccncc1.Cl. The van der Waals surface area contributed by atoms with Crippen molar-refractivity contribution in [2.45, 2.75) is 59.2 Å². The Bertz CT molecular complexity index is 762. The summed E-state index contributed by atoms with van der Waals surface area (Å²) >= 11 is 6.26. The van der Waals surface area contributed by atoms with Crippen molar-refractivity contribution in [3.8, 4) is 5.75 Å². The molecule has 0 aliphatic heterocycles. The number of hydrogen-bond donors (Lipinski definition) is 1. The fraction of sp³-hybridized carbons (Fsp3) is 0.455. The van der Waals surface area contributed by atoms with Crippen molar-refractivity contribution in [2.24, 2.45) is 0 Å². The van der Waals surface area contributed by atoms with Crippen LogP contribution in [0.4, 0.5) is 5.69 Å². The Hall–Kier alpha value is -1.98. The predicted molar refractivity (Wildman–Crippen MR) is 123 cm³/mol. The maximum atomic E-state index is 13.0. The van der Waals surface area contributed by atoms with Crippen LogP contribution in [-0.4, -0.2) is 40.5 Å². The molecule has 0 radical (unpaired) electrons. The second-order valence-electron chi connectivity index (χ2n) is 7.37. The van der Waals surface area contributed by atoms with Crippen LogP contribution in [-0.2, 0) is 0 Å². The molecule has 2 rings (SSSR count). The number of anilines is 1. The third kappa shape index (κ3) is 7.41. The number of nitrogens with one attached hydrogen (secondary N) is 1. The van der Waals surface area contributed by atoms with E-state index in [2.05, 4.69) is 17.2 Å². The molecule has 0 bridgehead atoms. The topological polar surface area (TPSA) is 54.5 Å². The van der Waals surface area contributed by atoms with E-state index in [9.17, 15) is 4.79 Å². The highest BCUT2D eigenvalue weighted by Crippen LogP contribution is 2.24. The fourth-order valence-electron chi connectivity index (χ4n) is 3.13. The lowest BCUT2D eigenvalue weighted by atomic mass is 10.1. The summed E-state index contributed by atoms with van der Waals surface area (Å²) < 4.78 is 5.97. The summed E-state index contributed by atoms with van der Waals surface area (Å²) in [5, 5.41) is 3.92. The first-order valence-electron chi connectivity index (χ1n) is 9.74. The zero-order chi connectivity index (χ0) is 20.7. The lowest BCUT2D eigenvalue weighted by Crippen LogP contribution is -2.42. The van der Waals surface area contributed by atoms with Crippen molar-refractivity contribution in [1.29, 1.82) is 0 Å². The molecule has 1 amide bonds. The van der Waals surface area contributed by atoms with Gasteiger partial charge in [0.25, 0.3) is 5.91 Å². The average Bonchev–Trinajstić information content (AvgIpc) is 2.64. The van der Waals surface area contributed by atoms with Gasteiger partial charge in [0.2, 0.25) is 0 Å². The van der Waals surface area contributed by atoms with Gasteiger partial charge in [0.15, 0.2) is 0 Å². The molecular weight excluding hydrogens is 409 g/mol. The lowest BCUT2D eigenvalue weighted by molar-refractivity contribution is 0.0643. The summed E-state index contributed by atoms with van der Waals surface area (Å²) in [6.07, 6.45) is 4.39. The van der Waals surface area contributed by atoms with Gasteiger partial charge in [0.1, 0.15) is 12.4 Å². The zero-order valence-electron chi connectivity index (χ0n) is 17.7. The number of pyridine rings is 1. The number of carbonyl (C=O) groups is 1. The van der Waals surface area contributed by atoms with Crippen molar-refractivity contribution >= 4 is 35.6 Å². The molecule has 2 aromatic rings. The van der Waals surface area contributed by atoms with Crippen molar-refractivity contribution in [3.63, 3.8) is 0 Å². The second-order valence-corrected chi connectivity index (χ2v) is 7.81. The lowest BCUT2D eigenvalue weighted by Gasteiger charge is -2.31. The van der Waals surface area contributed by atoms with Crippen LogP contribution in [0.25, 0.3) is 0 Å². The molecule has 0 fully saturated rings. The van der Waals surface area contributed by atoms with Gasteiger partial charge in [-0.3, -0.25) is 9.78 Å². The van der Waals surface area contributed by atoms with Gasteiger partial charge in [-0.15, -0.1) is 12.4 Å². The molecule has 0 saturated carbocycles. The van der Waals surface area contributed by atoms with Crippen LogP contribution in [0, 0.1) is 0 Å². The van der Waals surface area contributed by atoms with E-state index in [1.165, 1.54) is 0 Å². The third-order valence-electron chi connectivity index (χ3n) is 4.46. The first-order valence-corrected chi connectivity index (χ1v) is 10.1. The monoisotopic (exact) mass is 439 g/mol. The third-order valence-corrected chi connectivity index (χ3v) is 4.68. The van der Waals surface area contributed by atoms with Gasteiger partial charge in [0, 0.05) is 40.8 Å². The fourth-order valence-corrected chi connectivity index (χ4v) is 3.35. The van der Waals surface area contributed by atoms with Crippen molar-refractivity contribution in [2.75, 3.05) is 11.9 Å². The number of carbonyl (C=O) groups excluding carboxylic acids is 1. The normalized spacial score (nSPS) is 11.7. The Morgan fingerprint density at radius 2 is 1.76 bits per heavy atom. The van der Waals surface area contributed by atoms with E-state index in [-0.39, 0.29) is 36.4 Å². The highest BCUT2D eigenvalue weighted by Gasteiger charge is 2.22. The smallest absolute Gasteiger partial charge is 0.254 e. The molecule has 0 aliphatic rings. The number of hydrogen-bond acceptors (Lipinski definition) is 4. The van der Waals surface area contributed by atoms with Gasteiger partial charge >= 0.3 is 0 Å². The molecule has 29 heavy (non-hydrogen) atoms. The molecule has 5 nitrogen and oxygen atoms in total. The molecule has 7 heteroatoms. The summed E-state index contributed by atoms with van der Waals surface area (Å²) in [6, 6.07) is 9.38. The van der Waals surface area contributed by atoms with E-state index in [1.807, 2.05) is 44.7 Å². The predicted octanol–water partition coefficient (Wildman–Crippen LogP) is 5.69. The second kappa shape index (κ2) is 11.9. The average molecular weight is 440 g/mol. The summed E-state index contributed by atoms with van der Waals surface area (Å²) in [5.41, 5.74) is 1.54. The molecule has 160 valence electrons. The molecule has 0 spiro atoms. The first-order chi connectivity index (χ1) is 13.3. The highest BCUT2D eigenvalue weighted by molar-refractivity contribution is 6.31. The van der Waals surface area contributed by atoms with Gasteiger partial charge in [-0.1, -0.05) is 18.5 Å². The summed E-state index contributed by atoms with van der Waals surface area (Å²) in [7, 11) is 0. The molecule has 1 aromatic heterocycles. The quantitative estimate of drug-likeness (QED) is 0.545. The number of benzene rings is 1. The maximum Gasteiger partial charge on any atom is 0.254 e. The molecular formula is C22H31Cl2N3O2. The Labute approximate surface area is 185 Å². The van der Waals surface area contributed by atoms with Gasteiger partial charge in [-0.05, 0) is 64.4 Å². The minimum Gasteiger partial charge on any atom is -0.491 e. The van der Waals surface area contributed by atoms with Gasteiger partial charge in [0.05, 0.1) is 6.04 Å². The Balaban J connectivity index is 0.00000420. The molecule has 1 N–H and O–H groups in total. The number of amides is 1. The highest BCUT2D eigenvalue weighted by atomic mass is 35.5.